The van der Waals surface area contributed by atoms with Gasteiger partial charge in [-0.1, -0.05) is 12.1 Å². The molecule has 1 aromatic rings. The van der Waals surface area contributed by atoms with Gasteiger partial charge in [-0.15, -0.1) is 0 Å². The summed E-state index contributed by atoms with van der Waals surface area (Å²) in [5.41, 5.74) is 2.39. The van der Waals surface area contributed by atoms with Crippen LogP contribution in [0, 0.1) is 0 Å². The predicted molar refractivity (Wildman–Crippen MR) is 89.6 cm³/mol. The number of ether oxygens (including phenoxy) is 3. The number of benzene rings is 1. The summed E-state index contributed by atoms with van der Waals surface area (Å²) in [6, 6.07) is 4.16. The van der Waals surface area contributed by atoms with Crippen molar-refractivity contribution >= 4 is 5.97 Å². The molecule has 0 saturated heterocycles. The number of carbonyl (C=O) groups excluding carboxylic acids is 1. The second kappa shape index (κ2) is 5.52. The molecule has 1 spiro atoms. The quantitative estimate of drug-likeness (QED) is 0.614. The molecule has 0 amide bonds. The van der Waals surface area contributed by atoms with E-state index in [9.17, 15) is 4.79 Å². The van der Waals surface area contributed by atoms with E-state index in [0.717, 1.165) is 31.0 Å². The van der Waals surface area contributed by atoms with Crippen molar-refractivity contribution in [1.82, 2.24) is 4.90 Å². The van der Waals surface area contributed by atoms with Crippen LogP contribution in [-0.4, -0.2) is 50.3 Å². The number of hydrogen-bond donors (Lipinski definition) is 0. The van der Waals surface area contributed by atoms with E-state index in [4.69, 9.17) is 14.2 Å². The molecule has 0 N–H and O–H groups in total. The van der Waals surface area contributed by atoms with E-state index in [0.29, 0.717) is 6.42 Å². The molecule has 4 rings (SSSR count). The summed E-state index contributed by atoms with van der Waals surface area (Å²) in [6.07, 6.45) is 5.63. The van der Waals surface area contributed by atoms with Gasteiger partial charge in [0.05, 0.1) is 12.5 Å². The SMILES string of the molecule is COc1ccc2c3c1OC1C[C@@H](OC(C)=O)C=C[C@@]31CN(C)CC2. The topological polar surface area (TPSA) is 48.0 Å². The Bertz CT molecular complexity index is 714. The molecule has 1 aromatic carbocycles. The van der Waals surface area contributed by atoms with E-state index in [1.54, 1.807) is 7.11 Å². The van der Waals surface area contributed by atoms with Gasteiger partial charge in [-0.2, -0.15) is 0 Å². The van der Waals surface area contributed by atoms with Gasteiger partial charge in [0.1, 0.15) is 12.2 Å². The zero-order valence-corrected chi connectivity index (χ0v) is 14.4. The third kappa shape index (κ3) is 2.22. The second-order valence-corrected chi connectivity index (χ2v) is 7.01. The summed E-state index contributed by atoms with van der Waals surface area (Å²) >= 11 is 0. The fraction of sp³-hybridized carbons (Fsp3) is 0.526. The third-order valence-corrected chi connectivity index (χ3v) is 5.39. The first-order chi connectivity index (χ1) is 11.5. The summed E-state index contributed by atoms with van der Waals surface area (Å²) in [5, 5.41) is 0. The zero-order valence-electron chi connectivity index (χ0n) is 14.4. The lowest BCUT2D eigenvalue weighted by Crippen LogP contribution is -2.48. The number of esters is 1. The van der Waals surface area contributed by atoms with Crippen molar-refractivity contribution < 1.29 is 19.0 Å². The lowest BCUT2D eigenvalue weighted by molar-refractivity contribution is -0.145. The molecular weight excluding hydrogens is 306 g/mol. The van der Waals surface area contributed by atoms with E-state index in [2.05, 4.69) is 24.1 Å². The maximum atomic E-state index is 11.3. The lowest BCUT2D eigenvalue weighted by atomic mass is 9.70. The number of methoxy groups -OCH3 is 1. The molecule has 24 heavy (non-hydrogen) atoms. The van der Waals surface area contributed by atoms with Crippen LogP contribution in [0.2, 0.25) is 0 Å². The minimum atomic E-state index is -0.257. The van der Waals surface area contributed by atoms with Crippen LogP contribution in [0.3, 0.4) is 0 Å². The third-order valence-electron chi connectivity index (χ3n) is 5.39. The Balaban J connectivity index is 1.83. The van der Waals surface area contributed by atoms with Crippen LogP contribution in [0.1, 0.15) is 24.5 Å². The number of nitrogens with zero attached hydrogens (tertiary/aromatic N) is 1. The van der Waals surface area contributed by atoms with Crippen molar-refractivity contribution in [3.8, 4) is 11.5 Å². The van der Waals surface area contributed by atoms with Crippen molar-refractivity contribution in [2.24, 2.45) is 0 Å². The van der Waals surface area contributed by atoms with Gasteiger partial charge in [0.15, 0.2) is 11.5 Å². The number of rotatable bonds is 2. The molecule has 2 aliphatic heterocycles. The van der Waals surface area contributed by atoms with Crippen molar-refractivity contribution in [2.75, 3.05) is 27.2 Å². The van der Waals surface area contributed by atoms with E-state index in [1.807, 2.05) is 12.1 Å². The number of carbonyl (C=O) groups is 1. The summed E-state index contributed by atoms with van der Waals surface area (Å²) in [6.45, 7) is 3.37. The second-order valence-electron chi connectivity index (χ2n) is 7.01. The smallest absolute Gasteiger partial charge is 0.303 e. The summed E-state index contributed by atoms with van der Waals surface area (Å²) < 4.78 is 17.3. The van der Waals surface area contributed by atoms with Gasteiger partial charge < -0.3 is 19.1 Å². The minimum absolute atomic E-state index is 0.0440. The lowest BCUT2D eigenvalue weighted by Gasteiger charge is -2.38. The highest BCUT2D eigenvalue weighted by Crippen LogP contribution is 2.54. The largest absolute Gasteiger partial charge is 0.493 e. The molecule has 5 nitrogen and oxygen atoms in total. The minimum Gasteiger partial charge on any atom is -0.493 e. The van der Waals surface area contributed by atoms with Gasteiger partial charge in [0.25, 0.3) is 0 Å². The fourth-order valence-electron chi connectivity index (χ4n) is 4.40. The Hall–Kier alpha value is -2.01. The first-order valence-corrected chi connectivity index (χ1v) is 8.45. The Morgan fingerprint density at radius 3 is 3.00 bits per heavy atom. The predicted octanol–water partition coefficient (Wildman–Crippen LogP) is 2.07. The standard InChI is InChI=1S/C19H23NO4/c1-12(21)23-14-6-8-19-11-20(2)9-7-13-4-5-15(22-3)18(17(13)19)24-16(19)10-14/h4-6,8,14,16H,7,9-11H2,1-3H3/t14-,16?,19-/m0/s1. The van der Waals surface area contributed by atoms with Gasteiger partial charge >= 0.3 is 5.97 Å². The monoisotopic (exact) mass is 329 g/mol. The van der Waals surface area contributed by atoms with Crippen LogP contribution in [0.25, 0.3) is 0 Å². The Labute approximate surface area is 142 Å². The molecule has 3 atom stereocenters. The van der Waals surface area contributed by atoms with E-state index >= 15 is 0 Å². The van der Waals surface area contributed by atoms with Crippen LogP contribution in [-0.2, 0) is 21.4 Å². The van der Waals surface area contributed by atoms with Crippen LogP contribution in [0.15, 0.2) is 24.3 Å². The van der Waals surface area contributed by atoms with Gasteiger partial charge in [0, 0.05) is 32.0 Å². The molecule has 0 radical (unpaired) electrons. The number of hydrogen-bond acceptors (Lipinski definition) is 5. The highest BCUT2D eigenvalue weighted by molar-refractivity contribution is 5.66. The normalized spacial score (nSPS) is 30.8. The Morgan fingerprint density at radius 2 is 2.25 bits per heavy atom. The summed E-state index contributed by atoms with van der Waals surface area (Å²) in [7, 11) is 3.83. The van der Waals surface area contributed by atoms with Crippen molar-refractivity contribution in [2.45, 2.75) is 37.4 Å². The molecule has 0 aromatic heterocycles. The Kier molecular flexibility index (Phi) is 3.57. The van der Waals surface area contributed by atoms with Crippen molar-refractivity contribution in [1.29, 1.82) is 0 Å². The molecule has 1 aliphatic carbocycles. The molecule has 1 unspecified atom stereocenters. The highest BCUT2D eigenvalue weighted by atomic mass is 16.5. The first kappa shape index (κ1) is 15.5. The molecular formula is C19H23NO4. The van der Waals surface area contributed by atoms with Gasteiger partial charge in [0.2, 0.25) is 0 Å². The molecule has 0 fully saturated rings. The average Bonchev–Trinajstić information content (AvgIpc) is 2.78. The Morgan fingerprint density at radius 1 is 1.42 bits per heavy atom. The van der Waals surface area contributed by atoms with Crippen LogP contribution in [0.5, 0.6) is 11.5 Å². The van der Waals surface area contributed by atoms with Crippen LogP contribution >= 0.6 is 0 Å². The van der Waals surface area contributed by atoms with Crippen LogP contribution in [0.4, 0.5) is 0 Å². The first-order valence-electron chi connectivity index (χ1n) is 8.45. The van der Waals surface area contributed by atoms with E-state index in [1.165, 1.54) is 18.1 Å². The number of likely N-dealkylation sites (N-methyl/N-ethyl adjacent to an activating group) is 1. The molecule has 128 valence electrons. The maximum Gasteiger partial charge on any atom is 0.303 e. The van der Waals surface area contributed by atoms with Gasteiger partial charge in [-0.25, -0.2) is 0 Å². The molecule has 0 bridgehead atoms. The summed E-state index contributed by atoms with van der Waals surface area (Å²) in [5.74, 6) is 1.39. The van der Waals surface area contributed by atoms with Crippen molar-refractivity contribution in [3.63, 3.8) is 0 Å². The fourth-order valence-corrected chi connectivity index (χ4v) is 4.40. The van der Waals surface area contributed by atoms with Gasteiger partial charge in [-0.3, -0.25) is 4.79 Å². The maximum absolute atomic E-state index is 11.3. The highest BCUT2D eigenvalue weighted by Gasteiger charge is 2.53. The van der Waals surface area contributed by atoms with Crippen LogP contribution < -0.4 is 9.47 Å². The molecule has 2 heterocycles. The van der Waals surface area contributed by atoms with Crippen molar-refractivity contribution in [3.05, 3.63) is 35.4 Å². The van der Waals surface area contributed by atoms with E-state index < -0.39 is 0 Å². The molecule has 3 aliphatic rings. The zero-order chi connectivity index (χ0) is 16.9. The molecule has 5 heteroatoms. The molecule has 0 saturated carbocycles. The van der Waals surface area contributed by atoms with Gasteiger partial charge in [-0.05, 0) is 31.2 Å². The average molecular weight is 329 g/mol. The van der Waals surface area contributed by atoms with E-state index in [-0.39, 0.29) is 23.6 Å². The summed E-state index contributed by atoms with van der Waals surface area (Å²) in [4.78, 5) is 13.7.